The number of rotatable bonds is 5. The van der Waals surface area contributed by atoms with Gasteiger partial charge in [0.15, 0.2) is 0 Å². The summed E-state index contributed by atoms with van der Waals surface area (Å²) in [7, 11) is 1.61. The lowest BCUT2D eigenvalue weighted by molar-refractivity contribution is 0.157. The van der Waals surface area contributed by atoms with Gasteiger partial charge in [0.05, 0.1) is 18.3 Å². The highest BCUT2D eigenvalue weighted by atomic mass is 16.5. The molecule has 134 valence electrons. The van der Waals surface area contributed by atoms with Crippen LogP contribution in [0.5, 0.6) is 0 Å². The molecular formula is C17H24N6O2. The quantitative estimate of drug-likeness (QED) is 0.901. The number of nitrogens with one attached hydrogen (secondary N) is 1. The second kappa shape index (κ2) is 8.06. The first kappa shape index (κ1) is 17.3. The van der Waals surface area contributed by atoms with Crippen molar-refractivity contribution in [1.29, 1.82) is 0 Å². The molecule has 0 spiro atoms. The van der Waals surface area contributed by atoms with Crippen LogP contribution in [-0.2, 0) is 17.9 Å². The zero-order valence-corrected chi connectivity index (χ0v) is 14.7. The van der Waals surface area contributed by atoms with E-state index in [1.165, 1.54) is 6.33 Å². The minimum atomic E-state index is -0.155. The van der Waals surface area contributed by atoms with E-state index in [9.17, 15) is 4.79 Å². The van der Waals surface area contributed by atoms with Gasteiger partial charge in [-0.25, -0.2) is 19.7 Å². The highest BCUT2D eigenvalue weighted by molar-refractivity contribution is 5.88. The first-order valence-corrected chi connectivity index (χ1v) is 8.61. The predicted octanol–water partition coefficient (Wildman–Crippen LogP) is 2.60. The number of urea groups is 1. The molecule has 1 unspecified atom stereocenters. The number of hydrogen-bond donors (Lipinski definition) is 1. The summed E-state index contributed by atoms with van der Waals surface area (Å²) < 4.78 is 7.17. The number of piperidine rings is 1. The highest BCUT2D eigenvalue weighted by Crippen LogP contribution is 2.30. The lowest BCUT2D eigenvalue weighted by Gasteiger charge is -2.35. The number of ether oxygens (including phenoxy) is 1. The number of amides is 2. The number of likely N-dealkylation sites (tertiary alicyclic amines) is 1. The minimum absolute atomic E-state index is 0.0102. The van der Waals surface area contributed by atoms with Crippen molar-refractivity contribution in [3.05, 3.63) is 36.3 Å². The lowest BCUT2D eigenvalue weighted by Crippen LogP contribution is -2.42. The number of aryl methyl sites for hydroxylation is 1. The summed E-state index contributed by atoms with van der Waals surface area (Å²) in [5.74, 6) is 1.43. The lowest BCUT2D eigenvalue weighted by atomic mass is 10.0. The number of anilines is 1. The first-order chi connectivity index (χ1) is 12.2. The fourth-order valence-electron chi connectivity index (χ4n) is 3.20. The molecule has 0 aliphatic carbocycles. The molecule has 2 amide bonds. The first-order valence-electron chi connectivity index (χ1n) is 8.61. The second-order valence-corrected chi connectivity index (χ2v) is 6.03. The topological polar surface area (TPSA) is 85.2 Å². The highest BCUT2D eigenvalue weighted by Gasteiger charge is 2.31. The van der Waals surface area contributed by atoms with Crippen molar-refractivity contribution >= 4 is 11.8 Å². The number of nitrogens with zero attached hydrogens (tertiary/aromatic N) is 5. The van der Waals surface area contributed by atoms with Crippen molar-refractivity contribution < 1.29 is 9.53 Å². The van der Waals surface area contributed by atoms with E-state index in [1.54, 1.807) is 19.4 Å². The van der Waals surface area contributed by atoms with Crippen LogP contribution >= 0.6 is 0 Å². The maximum atomic E-state index is 12.8. The summed E-state index contributed by atoms with van der Waals surface area (Å²) >= 11 is 0. The van der Waals surface area contributed by atoms with Crippen LogP contribution in [0.25, 0.3) is 0 Å². The van der Waals surface area contributed by atoms with E-state index < -0.39 is 0 Å². The predicted molar refractivity (Wildman–Crippen MR) is 93.0 cm³/mol. The third-order valence-corrected chi connectivity index (χ3v) is 4.40. The van der Waals surface area contributed by atoms with Crippen molar-refractivity contribution in [2.45, 2.75) is 45.4 Å². The van der Waals surface area contributed by atoms with Gasteiger partial charge in [0.25, 0.3) is 0 Å². The van der Waals surface area contributed by atoms with Crippen molar-refractivity contribution in [3.8, 4) is 0 Å². The zero-order valence-electron chi connectivity index (χ0n) is 14.7. The van der Waals surface area contributed by atoms with Crippen LogP contribution in [-0.4, -0.2) is 44.1 Å². The molecule has 1 aliphatic heterocycles. The third kappa shape index (κ3) is 3.96. The fourth-order valence-corrected chi connectivity index (χ4v) is 3.20. The molecule has 8 nitrogen and oxygen atoms in total. The normalized spacial score (nSPS) is 17.5. The van der Waals surface area contributed by atoms with Gasteiger partial charge in [0, 0.05) is 38.7 Å². The summed E-state index contributed by atoms with van der Waals surface area (Å²) in [6.45, 7) is 4.01. The van der Waals surface area contributed by atoms with E-state index in [4.69, 9.17) is 4.74 Å². The molecule has 1 aliphatic rings. The Morgan fingerprint density at radius 3 is 3.04 bits per heavy atom. The Kier molecular flexibility index (Phi) is 5.60. The van der Waals surface area contributed by atoms with E-state index in [2.05, 4.69) is 31.8 Å². The van der Waals surface area contributed by atoms with Crippen molar-refractivity contribution in [3.63, 3.8) is 0 Å². The molecule has 2 aromatic heterocycles. The molecule has 3 heterocycles. The average Bonchev–Trinajstić information content (AvgIpc) is 3.11. The Morgan fingerprint density at radius 1 is 1.36 bits per heavy atom. The molecule has 0 bridgehead atoms. The van der Waals surface area contributed by atoms with Gasteiger partial charge in [-0.2, -0.15) is 0 Å². The minimum Gasteiger partial charge on any atom is -0.378 e. The Morgan fingerprint density at radius 2 is 2.24 bits per heavy atom. The van der Waals surface area contributed by atoms with Gasteiger partial charge < -0.3 is 14.2 Å². The number of methoxy groups -OCH3 is 1. The molecule has 3 rings (SSSR count). The van der Waals surface area contributed by atoms with E-state index >= 15 is 0 Å². The van der Waals surface area contributed by atoms with E-state index in [-0.39, 0.29) is 12.1 Å². The molecule has 2 aromatic rings. The van der Waals surface area contributed by atoms with E-state index in [1.807, 2.05) is 11.1 Å². The number of imidazole rings is 1. The van der Waals surface area contributed by atoms with Crippen LogP contribution < -0.4 is 5.32 Å². The number of carbonyl (C=O) groups is 1. The Hall–Kier alpha value is -2.48. The summed E-state index contributed by atoms with van der Waals surface area (Å²) in [5.41, 5.74) is 0.726. The van der Waals surface area contributed by atoms with Gasteiger partial charge in [-0.1, -0.05) is 0 Å². The molecule has 0 aromatic carbocycles. The fraction of sp³-hybridized carbons (Fsp3) is 0.529. The monoisotopic (exact) mass is 344 g/mol. The summed E-state index contributed by atoms with van der Waals surface area (Å²) in [4.78, 5) is 27.4. The van der Waals surface area contributed by atoms with Crippen molar-refractivity contribution in [2.24, 2.45) is 0 Å². The number of aromatic nitrogens is 4. The van der Waals surface area contributed by atoms with Gasteiger partial charge in [-0.05, 0) is 26.2 Å². The van der Waals surface area contributed by atoms with Gasteiger partial charge in [0.1, 0.15) is 18.0 Å². The zero-order chi connectivity index (χ0) is 17.6. The van der Waals surface area contributed by atoms with Gasteiger partial charge in [0.2, 0.25) is 0 Å². The molecule has 1 atom stereocenters. The average molecular weight is 344 g/mol. The molecule has 8 heteroatoms. The van der Waals surface area contributed by atoms with Crippen LogP contribution in [0.3, 0.4) is 0 Å². The van der Waals surface area contributed by atoms with E-state index in [0.717, 1.165) is 37.3 Å². The van der Waals surface area contributed by atoms with Crippen LogP contribution in [0.2, 0.25) is 0 Å². The van der Waals surface area contributed by atoms with Crippen molar-refractivity contribution in [2.75, 3.05) is 19.0 Å². The Labute approximate surface area is 147 Å². The molecule has 1 N–H and O–H groups in total. The van der Waals surface area contributed by atoms with Crippen molar-refractivity contribution in [1.82, 2.24) is 24.4 Å². The van der Waals surface area contributed by atoms with Crippen LogP contribution in [0, 0.1) is 0 Å². The van der Waals surface area contributed by atoms with Gasteiger partial charge >= 0.3 is 6.03 Å². The molecule has 1 fully saturated rings. The molecule has 0 radical (unpaired) electrons. The third-order valence-electron chi connectivity index (χ3n) is 4.40. The van der Waals surface area contributed by atoms with Gasteiger partial charge in [-0.15, -0.1) is 0 Å². The van der Waals surface area contributed by atoms with Crippen LogP contribution in [0.4, 0.5) is 10.6 Å². The molecule has 0 saturated carbocycles. The Bertz CT molecular complexity index is 717. The smallest absolute Gasteiger partial charge is 0.323 e. The molecule has 1 saturated heterocycles. The summed E-state index contributed by atoms with van der Waals surface area (Å²) in [6, 6.07) is 1.56. The molecular weight excluding hydrogens is 320 g/mol. The number of carbonyl (C=O) groups excluding carboxylic acids is 1. The maximum Gasteiger partial charge on any atom is 0.323 e. The summed E-state index contributed by atoms with van der Waals surface area (Å²) in [5, 5.41) is 2.88. The maximum absolute atomic E-state index is 12.8. The van der Waals surface area contributed by atoms with Crippen LogP contribution in [0.1, 0.15) is 43.7 Å². The largest absolute Gasteiger partial charge is 0.378 e. The second-order valence-electron chi connectivity index (χ2n) is 6.03. The summed E-state index contributed by atoms with van der Waals surface area (Å²) in [6.07, 6.45) is 8.20. The standard InChI is InChI=1S/C17H24N6O2/c1-3-22-9-7-18-16(22)14-6-4-5-8-23(14)17(24)21-15-10-13(11-25-2)19-12-20-15/h7,9-10,12,14H,3-6,8,11H2,1-2H3,(H,19,20,21,24). The molecule has 25 heavy (non-hydrogen) atoms. The SMILES string of the molecule is CCn1ccnc1C1CCCCN1C(=O)Nc1cc(COC)ncn1. The Balaban J connectivity index is 1.76. The van der Waals surface area contributed by atoms with Crippen LogP contribution in [0.15, 0.2) is 24.8 Å². The van der Waals surface area contributed by atoms with Gasteiger partial charge in [-0.3, -0.25) is 5.32 Å². The van der Waals surface area contributed by atoms with E-state index in [0.29, 0.717) is 19.0 Å². The number of hydrogen-bond acceptors (Lipinski definition) is 5.